The summed E-state index contributed by atoms with van der Waals surface area (Å²) in [7, 11) is 1.79. The molecule has 19 heavy (non-hydrogen) atoms. The van der Waals surface area contributed by atoms with Crippen molar-refractivity contribution in [2.24, 2.45) is 7.05 Å². The molecule has 2 aromatic heterocycles. The molecule has 3 heterocycles. The first-order chi connectivity index (χ1) is 9.15. The van der Waals surface area contributed by atoms with E-state index in [4.69, 9.17) is 4.52 Å². The SMILES string of the molecule is Cc1noc([C@H]2CCCN2C(=O)c2cnn(C)c2)n1. The Bertz CT molecular complexity index is 603. The molecule has 0 spiro atoms. The lowest BCUT2D eigenvalue weighted by Crippen LogP contribution is -2.30. The number of rotatable bonds is 2. The van der Waals surface area contributed by atoms with E-state index in [0.29, 0.717) is 23.8 Å². The van der Waals surface area contributed by atoms with Gasteiger partial charge in [0, 0.05) is 19.8 Å². The second-order valence-electron chi connectivity index (χ2n) is 4.74. The van der Waals surface area contributed by atoms with Gasteiger partial charge < -0.3 is 9.42 Å². The van der Waals surface area contributed by atoms with Crippen LogP contribution in [0.15, 0.2) is 16.9 Å². The van der Waals surface area contributed by atoms with Crippen LogP contribution in [0, 0.1) is 6.92 Å². The van der Waals surface area contributed by atoms with Crippen LogP contribution in [-0.4, -0.2) is 37.3 Å². The summed E-state index contributed by atoms with van der Waals surface area (Å²) >= 11 is 0. The van der Waals surface area contributed by atoms with Gasteiger partial charge in [-0.1, -0.05) is 5.16 Å². The van der Waals surface area contributed by atoms with Crippen LogP contribution in [0.25, 0.3) is 0 Å². The normalized spacial score (nSPS) is 19.1. The topological polar surface area (TPSA) is 77.0 Å². The predicted octanol–water partition coefficient (Wildman–Crippen LogP) is 1.09. The van der Waals surface area contributed by atoms with Crippen LogP contribution in [0.5, 0.6) is 0 Å². The molecule has 3 rings (SSSR count). The van der Waals surface area contributed by atoms with Crippen molar-refractivity contribution in [3.8, 4) is 0 Å². The van der Waals surface area contributed by atoms with Gasteiger partial charge in [-0.2, -0.15) is 10.1 Å². The molecule has 1 aliphatic rings. The van der Waals surface area contributed by atoms with E-state index in [1.807, 2.05) is 0 Å². The van der Waals surface area contributed by atoms with E-state index in [1.165, 1.54) is 0 Å². The number of carbonyl (C=O) groups is 1. The quantitative estimate of drug-likeness (QED) is 0.808. The lowest BCUT2D eigenvalue weighted by Gasteiger charge is -2.20. The molecule has 2 aromatic rings. The summed E-state index contributed by atoms with van der Waals surface area (Å²) < 4.78 is 6.81. The first-order valence-corrected chi connectivity index (χ1v) is 6.25. The van der Waals surface area contributed by atoms with Gasteiger partial charge in [-0.25, -0.2) is 0 Å². The number of nitrogens with zero attached hydrogens (tertiary/aromatic N) is 5. The van der Waals surface area contributed by atoms with Crippen LogP contribution in [0.4, 0.5) is 0 Å². The fourth-order valence-corrected chi connectivity index (χ4v) is 2.41. The monoisotopic (exact) mass is 261 g/mol. The average Bonchev–Trinajstić information content (AvgIpc) is 3.07. The molecule has 1 atom stereocenters. The van der Waals surface area contributed by atoms with Gasteiger partial charge >= 0.3 is 0 Å². The third kappa shape index (κ3) is 2.11. The average molecular weight is 261 g/mol. The van der Waals surface area contributed by atoms with Gasteiger partial charge in [0.2, 0.25) is 5.89 Å². The van der Waals surface area contributed by atoms with E-state index in [2.05, 4.69) is 15.2 Å². The molecule has 0 aliphatic carbocycles. The van der Waals surface area contributed by atoms with E-state index in [1.54, 1.807) is 35.9 Å². The minimum absolute atomic E-state index is 0.0357. The Morgan fingerprint density at radius 3 is 3.00 bits per heavy atom. The third-order valence-electron chi connectivity index (χ3n) is 3.29. The van der Waals surface area contributed by atoms with Crippen LogP contribution >= 0.6 is 0 Å². The molecule has 1 aliphatic heterocycles. The number of hydrogen-bond donors (Lipinski definition) is 0. The van der Waals surface area contributed by atoms with Gasteiger partial charge in [-0.15, -0.1) is 0 Å². The number of aryl methyl sites for hydroxylation is 2. The maximum Gasteiger partial charge on any atom is 0.257 e. The summed E-state index contributed by atoms with van der Waals surface area (Å²) in [5.74, 6) is 1.08. The van der Waals surface area contributed by atoms with Crippen molar-refractivity contribution in [2.45, 2.75) is 25.8 Å². The number of hydrogen-bond acceptors (Lipinski definition) is 5. The first-order valence-electron chi connectivity index (χ1n) is 6.25. The van der Waals surface area contributed by atoms with Crippen molar-refractivity contribution in [3.63, 3.8) is 0 Å². The Morgan fingerprint density at radius 1 is 1.53 bits per heavy atom. The zero-order chi connectivity index (χ0) is 13.4. The Kier molecular flexibility index (Phi) is 2.81. The van der Waals surface area contributed by atoms with E-state index < -0.39 is 0 Å². The van der Waals surface area contributed by atoms with Crippen LogP contribution in [0.2, 0.25) is 0 Å². The molecule has 1 amide bonds. The molecular weight excluding hydrogens is 246 g/mol. The van der Waals surface area contributed by atoms with Crippen LogP contribution in [-0.2, 0) is 7.05 Å². The smallest absolute Gasteiger partial charge is 0.257 e. The second kappa shape index (κ2) is 4.49. The number of aromatic nitrogens is 4. The zero-order valence-electron chi connectivity index (χ0n) is 10.9. The molecule has 100 valence electrons. The first kappa shape index (κ1) is 11.9. The van der Waals surface area contributed by atoms with E-state index in [-0.39, 0.29) is 11.9 Å². The Hall–Kier alpha value is -2.18. The molecule has 0 unspecified atom stereocenters. The standard InChI is InChI=1S/C12H15N5O2/c1-8-14-11(19-15-8)10-4-3-5-17(10)12(18)9-6-13-16(2)7-9/h6-7,10H,3-5H2,1-2H3/t10-/m1/s1. The van der Waals surface area contributed by atoms with Crippen molar-refractivity contribution in [1.82, 2.24) is 24.8 Å². The number of carbonyl (C=O) groups excluding carboxylic acids is 1. The number of likely N-dealkylation sites (tertiary alicyclic amines) is 1. The van der Waals surface area contributed by atoms with E-state index >= 15 is 0 Å². The minimum Gasteiger partial charge on any atom is -0.337 e. The molecule has 1 fully saturated rings. The fourth-order valence-electron chi connectivity index (χ4n) is 2.41. The summed E-state index contributed by atoms with van der Waals surface area (Å²) in [6, 6.07) is -0.117. The highest BCUT2D eigenvalue weighted by atomic mass is 16.5. The van der Waals surface area contributed by atoms with E-state index in [9.17, 15) is 4.79 Å². The minimum atomic E-state index is -0.117. The summed E-state index contributed by atoms with van der Waals surface area (Å²) in [4.78, 5) is 18.4. The van der Waals surface area contributed by atoms with Crippen LogP contribution < -0.4 is 0 Å². The highest BCUT2D eigenvalue weighted by Gasteiger charge is 2.34. The summed E-state index contributed by atoms with van der Waals surface area (Å²) in [5.41, 5.74) is 0.589. The fraction of sp³-hybridized carbons (Fsp3) is 0.500. The largest absolute Gasteiger partial charge is 0.337 e. The Morgan fingerprint density at radius 2 is 2.37 bits per heavy atom. The van der Waals surface area contributed by atoms with Crippen molar-refractivity contribution < 1.29 is 9.32 Å². The van der Waals surface area contributed by atoms with Crippen molar-refractivity contribution in [3.05, 3.63) is 29.7 Å². The maximum absolute atomic E-state index is 12.4. The van der Waals surface area contributed by atoms with Gasteiger partial charge in [-0.05, 0) is 19.8 Å². The molecule has 0 bridgehead atoms. The molecule has 0 radical (unpaired) electrons. The van der Waals surface area contributed by atoms with Gasteiger partial charge in [0.15, 0.2) is 5.82 Å². The highest BCUT2D eigenvalue weighted by molar-refractivity contribution is 5.94. The molecule has 1 saturated heterocycles. The van der Waals surface area contributed by atoms with Crippen molar-refractivity contribution >= 4 is 5.91 Å². The van der Waals surface area contributed by atoms with Crippen molar-refractivity contribution in [1.29, 1.82) is 0 Å². The lowest BCUT2D eigenvalue weighted by atomic mass is 10.2. The molecule has 0 N–H and O–H groups in total. The van der Waals surface area contributed by atoms with Crippen LogP contribution in [0.1, 0.15) is 41.0 Å². The molecule has 0 saturated carbocycles. The summed E-state index contributed by atoms with van der Waals surface area (Å²) in [6.45, 7) is 2.48. The second-order valence-corrected chi connectivity index (χ2v) is 4.74. The Labute approximate surface area is 110 Å². The third-order valence-corrected chi connectivity index (χ3v) is 3.29. The van der Waals surface area contributed by atoms with Crippen LogP contribution in [0.3, 0.4) is 0 Å². The summed E-state index contributed by atoms with van der Waals surface area (Å²) in [6.07, 6.45) is 5.10. The van der Waals surface area contributed by atoms with E-state index in [0.717, 1.165) is 12.8 Å². The van der Waals surface area contributed by atoms with Gasteiger partial charge in [-0.3, -0.25) is 9.48 Å². The van der Waals surface area contributed by atoms with Gasteiger partial charge in [0.05, 0.1) is 11.8 Å². The zero-order valence-corrected chi connectivity index (χ0v) is 10.9. The van der Waals surface area contributed by atoms with Gasteiger partial charge in [0.1, 0.15) is 6.04 Å². The lowest BCUT2D eigenvalue weighted by molar-refractivity contribution is 0.0710. The van der Waals surface area contributed by atoms with Gasteiger partial charge in [0.25, 0.3) is 5.91 Å². The summed E-state index contributed by atoms with van der Waals surface area (Å²) in [5, 5.41) is 7.82. The number of amides is 1. The maximum atomic E-state index is 12.4. The highest BCUT2D eigenvalue weighted by Crippen LogP contribution is 2.31. The molecular formula is C12H15N5O2. The Balaban J connectivity index is 1.85. The predicted molar refractivity (Wildman–Crippen MR) is 65.3 cm³/mol. The van der Waals surface area contributed by atoms with Crippen molar-refractivity contribution in [2.75, 3.05) is 6.54 Å². The molecule has 0 aromatic carbocycles. The molecule has 7 nitrogen and oxygen atoms in total. The molecule has 7 heteroatoms.